The number of aliphatic carboxylic acids is 1. The first-order valence-electron chi connectivity index (χ1n) is 4.75. The van der Waals surface area contributed by atoms with Crippen LogP contribution in [0.5, 0.6) is 0 Å². The van der Waals surface area contributed by atoms with Crippen molar-refractivity contribution in [2.75, 3.05) is 0 Å². The van der Waals surface area contributed by atoms with Crippen LogP contribution in [0.3, 0.4) is 0 Å². The average molecular weight is 261 g/mol. The predicted octanol–water partition coefficient (Wildman–Crippen LogP) is 0.886. The second-order valence-corrected chi connectivity index (χ2v) is 5.27. The van der Waals surface area contributed by atoms with Gasteiger partial charge in [0.2, 0.25) is 10.0 Å². The van der Waals surface area contributed by atoms with Crippen molar-refractivity contribution in [2.45, 2.75) is 24.8 Å². The molecule has 94 valence electrons. The molecule has 0 bridgehead atoms. The van der Waals surface area contributed by atoms with Gasteiger partial charge in [-0.3, -0.25) is 4.79 Å². The number of nitrogens with one attached hydrogen (secondary N) is 1. The first-order valence-corrected chi connectivity index (χ1v) is 6.23. The standard InChI is InChI=1S/C10H12FNO4S/c1-6-3-4-8(11)5-9(6)17(15,16)12-7(2)10(13)14/h3-5,7,12H,1-2H3,(H,13,14)/t7-/m1/s1. The molecule has 17 heavy (non-hydrogen) atoms. The molecule has 1 atom stereocenters. The number of sulfonamides is 1. The summed E-state index contributed by atoms with van der Waals surface area (Å²) in [6.45, 7) is 2.69. The molecule has 0 aromatic heterocycles. The minimum atomic E-state index is -4.03. The summed E-state index contributed by atoms with van der Waals surface area (Å²) in [4.78, 5) is 10.3. The Kier molecular flexibility index (Phi) is 3.84. The quantitative estimate of drug-likeness (QED) is 0.843. The zero-order valence-electron chi connectivity index (χ0n) is 9.27. The van der Waals surface area contributed by atoms with Crippen LogP contribution in [0.2, 0.25) is 0 Å². The lowest BCUT2D eigenvalue weighted by Crippen LogP contribution is -2.38. The molecule has 0 radical (unpaired) electrons. The molecule has 0 heterocycles. The highest BCUT2D eigenvalue weighted by molar-refractivity contribution is 7.89. The second-order valence-electron chi connectivity index (χ2n) is 3.59. The topological polar surface area (TPSA) is 83.5 Å². The van der Waals surface area contributed by atoms with Gasteiger partial charge in [-0.1, -0.05) is 6.07 Å². The molecule has 0 saturated heterocycles. The number of carboxylic acids is 1. The van der Waals surface area contributed by atoms with Crippen molar-refractivity contribution in [1.29, 1.82) is 0 Å². The van der Waals surface area contributed by atoms with Gasteiger partial charge in [0.15, 0.2) is 0 Å². The van der Waals surface area contributed by atoms with E-state index in [4.69, 9.17) is 5.11 Å². The van der Waals surface area contributed by atoms with Gasteiger partial charge in [-0.05, 0) is 31.5 Å². The molecule has 1 aromatic carbocycles. The first kappa shape index (κ1) is 13.6. The Bertz CT molecular complexity index is 541. The molecular weight excluding hydrogens is 249 g/mol. The van der Waals surface area contributed by atoms with Crippen LogP contribution in [0.15, 0.2) is 23.1 Å². The number of carbonyl (C=O) groups is 1. The lowest BCUT2D eigenvalue weighted by atomic mass is 10.2. The molecule has 1 aromatic rings. The Morgan fingerprint density at radius 3 is 2.59 bits per heavy atom. The predicted molar refractivity (Wildman–Crippen MR) is 58.6 cm³/mol. The second kappa shape index (κ2) is 4.80. The number of benzene rings is 1. The van der Waals surface area contributed by atoms with E-state index in [1.54, 1.807) is 0 Å². The van der Waals surface area contributed by atoms with Gasteiger partial charge < -0.3 is 5.11 Å². The molecule has 0 aliphatic rings. The van der Waals surface area contributed by atoms with E-state index in [2.05, 4.69) is 0 Å². The van der Waals surface area contributed by atoms with Crippen molar-refractivity contribution < 1.29 is 22.7 Å². The monoisotopic (exact) mass is 261 g/mol. The van der Waals surface area contributed by atoms with Crippen LogP contribution in [-0.4, -0.2) is 25.5 Å². The third-order valence-electron chi connectivity index (χ3n) is 2.14. The van der Waals surface area contributed by atoms with Gasteiger partial charge in [-0.25, -0.2) is 12.8 Å². The maximum atomic E-state index is 13.0. The molecule has 0 spiro atoms. The van der Waals surface area contributed by atoms with Gasteiger partial charge in [0.05, 0.1) is 4.90 Å². The zero-order chi connectivity index (χ0) is 13.2. The van der Waals surface area contributed by atoms with E-state index in [0.29, 0.717) is 5.56 Å². The fraction of sp³-hybridized carbons (Fsp3) is 0.300. The molecule has 0 amide bonds. The maximum Gasteiger partial charge on any atom is 0.321 e. The molecule has 0 saturated carbocycles. The van der Waals surface area contributed by atoms with Crippen LogP contribution < -0.4 is 4.72 Å². The minimum Gasteiger partial charge on any atom is -0.480 e. The van der Waals surface area contributed by atoms with Crippen molar-refractivity contribution >= 4 is 16.0 Å². The van der Waals surface area contributed by atoms with Crippen molar-refractivity contribution in [1.82, 2.24) is 4.72 Å². The maximum absolute atomic E-state index is 13.0. The summed E-state index contributed by atoms with van der Waals surface area (Å²) in [6.07, 6.45) is 0. The van der Waals surface area contributed by atoms with E-state index < -0.39 is 27.9 Å². The van der Waals surface area contributed by atoms with Crippen molar-refractivity contribution in [3.8, 4) is 0 Å². The summed E-state index contributed by atoms with van der Waals surface area (Å²) < 4.78 is 38.5. The Morgan fingerprint density at radius 2 is 2.06 bits per heavy atom. The summed E-state index contributed by atoms with van der Waals surface area (Å²) in [5, 5.41) is 8.62. The number of carboxylic acid groups (broad SMARTS) is 1. The summed E-state index contributed by atoms with van der Waals surface area (Å²) in [5.41, 5.74) is 0.344. The number of aryl methyl sites for hydroxylation is 1. The molecular formula is C10H12FNO4S. The van der Waals surface area contributed by atoms with Crippen LogP contribution in [-0.2, 0) is 14.8 Å². The summed E-state index contributed by atoms with van der Waals surface area (Å²) in [6, 6.07) is 2.03. The van der Waals surface area contributed by atoms with Crippen LogP contribution in [0.25, 0.3) is 0 Å². The minimum absolute atomic E-state index is 0.259. The number of halogens is 1. The van der Waals surface area contributed by atoms with Gasteiger partial charge in [-0.15, -0.1) is 0 Å². The Morgan fingerprint density at radius 1 is 1.47 bits per heavy atom. The SMILES string of the molecule is Cc1ccc(F)cc1S(=O)(=O)N[C@H](C)C(=O)O. The van der Waals surface area contributed by atoms with Crippen LogP contribution in [0.4, 0.5) is 4.39 Å². The molecule has 1 rings (SSSR count). The van der Waals surface area contributed by atoms with E-state index in [9.17, 15) is 17.6 Å². The van der Waals surface area contributed by atoms with E-state index in [-0.39, 0.29) is 4.90 Å². The van der Waals surface area contributed by atoms with Crippen molar-refractivity contribution in [3.05, 3.63) is 29.6 Å². The zero-order valence-corrected chi connectivity index (χ0v) is 10.1. The lowest BCUT2D eigenvalue weighted by molar-refractivity contribution is -0.138. The summed E-state index contributed by atoms with van der Waals surface area (Å²) in [5.74, 6) is -2.00. The molecule has 7 heteroatoms. The number of hydrogen-bond acceptors (Lipinski definition) is 3. The molecule has 0 unspecified atom stereocenters. The smallest absolute Gasteiger partial charge is 0.321 e. The molecule has 5 nitrogen and oxygen atoms in total. The molecule has 0 aliphatic carbocycles. The van der Waals surface area contributed by atoms with E-state index in [0.717, 1.165) is 12.1 Å². The van der Waals surface area contributed by atoms with Crippen LogP contribution in [0, 0.1) is 12.7 Å². The third-order valence-corrected chi connectivity index (χ3v) is 3.82. The van der Waals surface area contributed by atoms with Gasteiger partial charge in [0, 0.05) is 0 Å². The first-order chi connectivity index (χ1) is 7.74. The fourth-order valence-electron chi connectivity index (χ4n) is 1.21. The number of rotatable bonds is 4. The van der Waals surface area contributed by atoms with Gasteiger partial charge in [-0.2, -0.15) is 4.72 Å². The van der Waals surface area contributed by atoms with E-state index in [1.807, 2.05) is 4.72 Å². The largest absolute Gasteiger partial charge is 0.480 e. The van der Waals surface area contributed by atoms with Gasteiger partial charge >= 0.3 is 5.97 Å². The Hall–Kier alpha value is -1.47. The summed E-state index contributed by atoms with van der Waals surface area (Å²) >= 11 is 0. The molecule has 0 fully saturated rings. The van der Waals surface area contributed by atoms with Crippen molar-refractivity contribution in [3.63, 3.8) is 0 Å². The number of hydrogen-bond donors (Lipinski definition) is 2. The van der Waals surface area contributed by atoms with Crippen LogP contribution >= 0.6 is 0 Å². The highest BCUT2D eigenvalue weighted by Gasteiger charge is 2.23. The lowest BCUT2D eigenvalue weighted by Gasteiger charge is -2.12. The van der Waals surface area contributed by atoms with Gasteiger partial charge in [0.25, 0.3) is 0 Å². The Labute approximate surface area is 98.3 Å². The van der Waals surface area contributed by atoms with Crippen LogP contribution in [0.1, 0.15) is 12.5 Å². The third kappa shape index (κ3) is 3.24. The highest BCUT2D eigenvalue weighted by Crippen LogP contribution is 2.16. The van der Waals surface area contributed by atoms with Crippen molar-refractivity contribution in [2.24, 2.45) is 0 Å². The molecule has 0 aliphatic heterocycles. The summed E-state index contributed by atoms with van der Waals surface area (Å²) in [7, 11) is -4.03. The van der Waals surface area contributed by atoms with E-state index >= 15 is 0 Å². The average Bonchev–Trinajstić information content (AvgIpc) is 2.20. The van der Waals surface area contributed by atoms with E-state index in [1.165, 1.54) is 19.9 Å². The fourth-order valence-corrected chi connectivity index (χ4v) is 2.66. The molecule has 2 N–H and O–H groups in total. The normalized spacial score (nSPS) is 13.4. The Balaban J connectivity index is 3.13. The highest BCUT2D eigenvalue weighted by atomic mass is 32.2. The van der Waals surface area contributed by atoms with Gasteiger partial charge in [0.1, 0.15) is 11.9 Å².